The van der Waals surface area contributed by atoms with Crippen molar-refractivity contribution in [3.8, 4) is 0 Å². The monoisotopic (exact) mass is 368 g/mol. The van der Waals surface area contributed by atoms with E-state index >= 15 is 0 Å². The van der Waals surface area contributed by atoms with Gasteiger partial charge in [-0.3, -0.25) is 9.89 Å². The molecule has 2 N–H and O–H groups in total. The highest BCUT2D eigenvalue weighted by Crippen LogP contribution is 2.18. The van der Waals surface area contributed by atoms with Crippen molar-refractivity contribution in [3.63, 3.8) is 0 Å². The molecule has 0 aromatic heterocycles. The number of rotatable bonds is 5. The predicted molar refractivity (Wildman–Crippen MR) is 90.0 cm³/mol. The molecule has 4 nitrogen and oxygen atoms in total. The smallest absolute Gasteiger partial charge is 0.191 e. The quantitative estimate of drug-likeness (QED) is 0.443. The van der Waals surface area contributed by atoms with Gasteiger partial charge < -0.3 is 10.6 Å². The first-order valence-electron chi connectivity index (χ1n) is 7.00. The Bertz CT molecular complexity index is 233. The molecule has 1 atom stereocenters. The van der Waals surface area contributed by atoms with E-state index in [4.69, 9.17) is 0 Å². The Hall–Kier alpha value is -0.0400. The lowest BCUT2D eigenvalue weighted by Gasteiger charge is -2.35. The maximum atomic E-state index is 4.18. The van der Waals surface area contributed by atoms with E-state index in [2.05, 4.69) is 34.4 Å². The summed E-state index contributed by atoms with van der Waals surface area (Å²) >= 11 is 0. The second kappa shape index (κ2) is 10.8. The zero-order chi connectivity index (χ0) is 12.5. The number of likely N-dealkylation sites (tertiary alicyclic amines) is 1. The fraction of sp³-hybridized carbons (Fsp3) is 0.923. The van der Waals surface area contributed by atoms with Gasteiger partial charge in [0.15, 0.2) is 5.96 Å². The molecule has 5 heteroatoms. The molecule has 0 saturated carbocycles. The van der Waals surface area contributed by atoms with Gasteiger partial charge in [-0.25, -0.2) is 0 Å². The normalized spacial score (nSPS) is 21.3. The molecule has 1 aliphatic rings. The molecule has 0 amide bonds. The van der Waals surface area contributed by atoms with Crippen LogP contribution in [0.25, 0.3) is 0 Å². The van der Waals surface area contributed by atoms with E-state index in [0.717, 1.165) is 31.6 Å². The second-order valence-corrected chi connectivity index (χ2v) is 4.62. The lowest BCUT2D eigenvalue weighted by molar-refractivity contribution is 0.147. The van der Waals surface area contributed by atoms with Crippen LogP contribution in [0.2, 0.25) is 0 Å². The molecule has 1 unspecified atom stereocenters. The molecule has 1 rings (SSSR count). The molecule has 0 aromatic rings. The minimum absolute atomic E-state index is 0. The van der Waals surface area contributed by atoms with E-state index < -0.39 is 0 Å². The number of nitrogens with zero attached hydrogens (tertiary/aromatic N) is 2. The number of hydrogen-bond donors (Lipinski definition) is 2. The molecule has 0 spiro atoms. The van der Waals surface area contributed by atoms with Crippen LogP contribution in [0.15, 0.2) is 4.99 Å². The second-order valence-electron chi connectivity index (χ2n) is 4.62. The van der Waals surface area contributed by atoms with Crippen molar-refractivity contribution in [1.82, 2.24) is 15.5 Å². The molecule has 1 aliphatic heterocycles. The highest BCUT2D eigenvalue weighted by atomic mass is 127. The van der Waals surface area contributed by atoms with Crippen LogP contribution in [0, 0.1) is 0 Å². The topological polar surface area (TPSA) is 39.7 Å². The first-order chi connectivity index (χ1) is 8.31. The molecule has 18 heavy (non-hydrogen) atoms. The van der Waals surface area contributed by atoms with Gasteiger partial charge in [0, 0.05) is 32.7 Å². The minimum Gasteiger partial charge on any atom is -0.357 e. The fourth-order valence-corrected chi connectivity index (χ4v) is 2.52. The summed E-state index contributed by atoms with van der Waals surface area (Å²) in [4.78, 5) is 6.80. The maximum Gasteiger partial charge on any atom is 0.191 e. The molecular weight excluding hydrogens is 339 g/mol. The number of aliphatic imine (C=N–C) groups is 1. The lowest BCUT2D eigenvalue weighted by Crippen LogP contribution is -2.45. The summed E-state index contributed by atoms with van der Waals surface area (Å²) in [6, 6.07) is 0.798. The Morgan fingerprint density at radius 1 is 1.28 bits per heavy atom. The van der Waals surface area contributed by atoms with Gasteiger partial charge in [0.05, 0.1) is 0 Å². The molecular formula is C13H29IN4. The highest BCUT2D eigenvalue weighted by molar-refractivity contribution is 14.0. The van der Waals surface area contributed by atoms with E-state index in [-0.39, 0.29) is 24.0 Å². The summed E-state index contributed by atoms with van der Waals surface area (Å²) in [5.41, 5.74) is 0. The van der Waals surface area contributed by atoms with Crippen LogP contribution in [-0.2, 0) is 0 Å². The first-order valence-corrected chi connectivity index (χ1v) is 7.00. The zero-order valence-corrected chi connectivity index (χ0v) is 14.4. The summed E-state index contributed by atoms with van der Waals surface area (Å²) < 4.78 is 0. The molecule has 1 fully saturated rings. The SMILES string of the molecule is CCNC(=NC)NCCN1CCCCC1CC.I. The average molecular weight is 368 g/mol. The van der Waals surface area contributed by atoms with Crippen LogP contribution >= 0.6 is 24.0 Å². The van der Waals surface area contributed by atoms with Crippen molar-refractivity contribution in [2.45, 2.75) is 45.6 Å². The van der Waals surface area contributed by atoms with Gasteiger partial charge in [-0.1, -0.05) is 13.3 Å². The van der Waals surface area contributed by atoms with Crippen LogP contribution in [0.4, 0.5) is 0 Å². The molecule has 0 aliphatic carbocycles. The minimum atomic E-state index is 0. The summed E-state index contributed by atoms with van der Waals surface area (Å²) in [6.45, 7) is 8.68. The van der Waals surface area contributed by atoms with E-state index in [1.54, 1.807) is 0 Å². The van der Waals surface area contributed by atoms with Crippen molar-refractivity contribution in [3.05, 3.63) is 0 Å². The molecule has 0 radical (unpaired) electrons. The Kier molecular flexibility index (Phi) is 10.8. The lowest BCUT2D eigenvalue weighted by atomic mass is 10.0. The van der Waals surface area contributed by atoms with Gasteiger partial charge >= 0.3 is 0 Å². The molecule has 0 bridgehead atoms. The van der Waals surface area contributed by atoms with Crippen LogP contribution in [0.1, 0.15) is 39.5 Å². The number of hydrogen-bond acceptors (Lipinski definition) is 2. The number of nitrogens with one attached hydrogen (secondary N) is 2. The number of piperidine rings is 1. The standard InChI is InChI=1S/C13H28N4.HI/c1-4-12-8-6-7-10-17(12)11-9-16-13(14-3)15-5-2;/h12H,4-11H2,1-3H3,(H2,14,15,16);1H. The van der Waals surface area contributed by atoms with Gasteiger partial charge in [0.25, 0.3) is 0 Å². The van der Waals surface area contributed by atoms with Gasteiger partial charge in [-0.05, 0) is 32.7 Å². The van der Waals surface area contributed by atoms with Crippen LogP contribution < -0.4 is 10.6 Å². The molecule has 1 saturated heterocycles. The number of halogens is 1. The predicted octanol–water partition coefficient (Wildman–Crippen LogP) is 2.05. The summed E-state index contributed by atoms with van der Waals surface area (Å²) in [5, 5.41) is 6.58. The summed E-state index contributed by atoms with van der Waals surface area (Å²) in [7, 11) is 1.82. The van der Waals surface area contributed by atoms with Crippen molar-refractivity contribution < 1.29 is 0 Å². The summed E-state index contributed by atoms with van der Waals surface area (Å²) in [6.07, 6.45) is 5.42. The van der Waals surface area contributed by atoms with Crippen LogP contribution in [0.3, 0.4) is 0 Å². The molecule has 0 aromatic carbocycles. The largest absolute Gasteiger partial charge is 0.357 e. The third-order valence-electron chi connectivity index (χ3n) is 3.48. The molecule has 108 valence electrons. The Balaban J connectivity index is 0.00000289. The maximum absolute atomic E-state index is 4.18. The Morgan fingerprint density at radius 2 is 2.06 bits per heavy atom. The van der Waals surface area contributed by atoms with E-state index in [1.807, 2.05) is 7.05 Å². The zero-order valence-electron chi connectivity index (χ0n) is 12.0. The van der Waals surface area contributed by atoms with Crippen LogP contribution in [0.5, 0.6) is 0 Å². The van der Waals surface area contributed by atoms with Crippen molar-refractivity contribution >= 4 is 29.9 Å². The van der Waals surface area contributed by atoms with Crippen molar-refractivity contribution in [2.24, 2.45) is 4.99 Å². The van der Waals surface area contributed by atoms with E-state index in [0.29, 0.717) is 0 Å². The van der Waals surface area contributed by atoms with Gasteiger partial charge in [-0.15, -0.1) is 24.0 Å². The van der Waals surface area contributed by atoms with Gasteiger partial charge in [0.1, 0.15) is 0 Å². The number of guanidine groups is 1. The van der Waals surface area contributed by atoms with Gasteiger partial charge in [0.2, 0.25) is 0 Å². The highest BCUT2D eigenvalue weighted by Gasteiger charge is 2.19. The Labute approximate surface area is 129 Å². The fourth-order valence-electron chi connectivity index (χ4n) is 2.52. The third kappa shape index (κ3) is 6.22. The third-order valence-corrected chi connectivity index (χ3v) is 3.48. The average Bonchev–Trinajstić information content (AvgIpc) is 2.38. The molecule has 1 heterocycles. The first kappa shape index (κ1) is 18.0. The van der Waals surface area contributed by atoms with E-state index in [9.17, 15) is 0 Å². The summed E-state index contributed by atoms with van der Waals surface area (Å²) in [5.74, 6) is 0.914. The van der Waals surface area contributed by atoms with Crippen LogP contribution in [-0.4, -0.2) is 50.1 Å². The van der Waals surface area contributed by atoms with Gasteiger partial charge in [-0.2, -0.15) is 0 Å². The van der Waals surface area contributed by atoms with Crippen molar-refractivity contribution in [2.75, 3.05) is 33.2 Å². The van der Waals surface area contributed by atoms with Crippen molar-refractivity contribution in [1.29, 1.82) is 0 Å². The van der Waals surface area contributed by atoms with E-state index in [1.165, 1.54) is 32.2 Å². The Morgan fingerprint density at radius 3 is 2.67 bits per heavy atom.